The Labute approximate surface area is 149 Å². The number of aliphatic hydroxyl groups excluding tert-OH is 1. The van der Waals surface area contributed by atoms with Crippen LogP contribution in [0.2, 0.25) is 0 Å². The Morgan fingerprint density at radius 3 is 3.20 bits per heavy atom. The molecule has 0 amide bonds. The Bertz CT molecular complexity index is 935. The highest BCUT2D eigenvalue weighted by Gasteiger charge is 2.21. The maximum absolute atomic E-state index is 8.77. The molecule has 1 atom stereocenters. The number of ether oxygens (including phenoxy) is 1. The van der Waals surface area contributed by atoms with Gasteiger partial charge in [0, 0.05) is 10.9 Å². The molecule has 6 heteroatoms. The molecular weight excluding hydrogens is 334 g/mol. The number of rotatable bonds is 3. The first-order chi connectivity index (χ1) is 12.3. The van der Waals surface area contributed by atoms with Gasteiger partial charge in [-0.25, -0.2) is 4.68 Å². The van der Waals surface area contributed by atoms with Crippen molar-refractivity contribution in [3.63, 3.8) is 0 Å². The third kappa shape index (κ3) is 3.49. The van der Waals surface area contributed by atoms with Gasteiger partial charge in [-0.15, -0.1) is 16.4 Å². The maximum Gasteiger partial charge on any atom is 0.123 e. The van der Waals surface area contributed by atoms with Gasteiger partial charge in [-0.3, -0.25) is 0 Å². The summed E-state index contributed by atoms with van der Waals surface area (Å²) in [6.07, 6.45) is 2.91. The molecule has 0 saturated heterocycles. The average Bonchev–Trinajstić information content (AvgIpc) is 3.29. The molecule has 5 nitrogen and oxygen atoms in total. The van der Waals surface area contributed by atoms with E-state index in [1.165, 1.54) is 11.1 Å². The molecule has 4 rings (SSSR count). The van der Waals surface area contributed by atoms with Crippen molar-refractivity contribution in [3.8, 4) is 22.4 Å². The molecule has 0 radical (unpaired) electrons. The van der Waals surface area contributed by atoms with Gasteiger partial charge >= 0.3 is 0 Å². The summed E-state index contributed by atoms with van der Waals surface area (Å²) in [6.45, 7) is 1.25. The molecule has 0 spiro atoms. The minimum absolute atomic E-state index is 0.00816. The Balaban J connectivity index is 1.52. The first kappa shape index (κ1) is 16.0. The molecule has 1 unspecified atom stereocenters. The van der Waals surface area contributed by atoms with Crippen LogP contribution < -0.4 is 0 Å². The van der Waals surface area contributed by atoms with E-state index < -0.39 is 0 Å². The molecule has 0 bridgehead atoms. The molecule has 2 aromatic heterocycles. The van der Waals surface area contributed by atoms with Gasteiger partial charge in [-0.1, -0.05) is 41.3 Å². The zero-order valence-electron chi connectivity index (χ0n) is 13.6. The van der Waals surface area contributed by atoms with Crippen molar-refractivity contribution < 1.29 is 9.84 Å². The average molecular weight is 351 g/mol. The maximum atomic E-state index is 8.77. The van der Waals surface area contributed by atoms with Crippen molar-refractivity contribution in [2.45, 2.75) is 19.1 Å². The number of fused-ring (bicyclic) bond motifs is 1. The first-order valence-corrected chi connectivity index (χ1v) is 8.99. The fourth-order valence-electron chi connectivity index (χ4n) is 2.98. The number of nitrogens with zero attached hydrogens (tertiary/aromatic N) is 3. The number of thiophene rings is 1. The number of hydrogen-bond acceptors (Lipinski definition) is 5. The number of hydrogen-bond donors (Lipinski definition) is 1. The largest absolute Gasteiger partial charge is 0.384 e. The molecule has 126 valence electrons. The quantitative estimate of drug-likeness (QED) is 0.737. The second-order valence-corrected chi connectivity index (χ2v) is 6.70. The van der Waals surface area contributed by atoms with E-state index in [1.54, 1.807) is 11.3 Å². The monoisotopic (exact) mass is 351 g/mol. The highest BCUT2D eigenvalue weighted by atomic mass is 32.1. The standard InChI is InChI=1S/C19H17N3O2S/c23-8-3-4-14-10-19(25-13-14)17-11-22(21-20-17)12-18-16-6-2-1-5-15(16)7-9-24-18/h1-2,5-6,10-11,13,18,23H,7-9,12H2. The summed E-state index contributed by atoms with van der Waals surface area (Å²) in [5, 5.41) is 19.2. The first-order valence-electron chi connectivity index (χ1n) is 8.11. The highest BCUT2D eigenvalue weighted by Crippen LogP contribution is 2.29. The minimum atomic E-state index is -0.135. The Morgan fingerprint density at radius 2 is 2.28 bits per heavy atom. The predicted molar refractivity (Wildman–Crippen MR) is 96.1 cm³/mol. The van der Waals surface area contributed by atoms with Crippen molar-refractivity contribution in [2.24, 2.45) is 0 Å². The molecule has 1 aliphatic rings. The predicted octanol–water partition coefficient (Wildman–Crippen LogP) is 2.66. The lowest BCUT2D eigenvalue weighted by atomic mass is 9.98. The van der Waals surface area contributed by atoms with Crippen LogP contribution in [-0.4, -0.2) is 33.3 Å². The van der Waals surface area contributed by atoms with Crippen LogP contribution in [0.3, 0.4) is 0 Å². The fourth-order valence-corrected chi connectivity index (χ4v) is 3.77. The van der Waals surface area contributed by atoms with Crippen molar-refractivity contribution >= 4 is 11.3 Å². The van der Waals surface area contributed by atoms with E-state index in [0.29, 0.717) is 6.54 Å². The summed E-state index contributed by atoms with van der Waals surface area (Å²) < 4.78 is 7.78. The van der Waals surface area contributed by atoms with Gasteiger partial charge in [0.25, 0.3) is 0 Å². The van der Waals surface area contributed by atoms with Gasteiger partial charge in [0.05, 0.1) is 24.2 Å². The van der Waals surface area contributed by atoms with Crippen LogP contribution in [0.15, 0.2) is 41.9 Å². The molecule has 1 aliphatic heterocycles. The highest BCUT2D eigenvalue weighted by molar-refractivity contribution is 7.13. The van der Waals surface area contributed by atoms with E-state index in [9.17, 15) is 0 Å². The third-order valence-corrected chi connectivity index (χ3v) is 5.10. The zero-order chi connectivity index (χ0) is 17.1. The summed E-state index contributed by atoms with van der Waals surface area (Å²) in [4.78, 5) is 1.01. The lowest BCUT2D eigenvalue weighted by molar-refractivity contribution is 0.0279. The minimum Gasteiger partial charge on any atom is -0.384 e. The molecule has 25 heavy (non-hydrogen) atoms. The topological polar surface area (TPSA) is 60.2 Å². The number of benzene rings is 1. The molecule has 0 aliphatic carbocycles. The van der Waals surface area contributed by atoms with Gasteiger partial charge in [0.2, 0.25) is 0 Å². The lowest BCUT2D eigenvalue weighted by Crippen LogP contribution is -2.20. The zero-order valence-corrected chi connectivity index (χ0v) is 14.4. The number of aliphatic hydroxyl groups is 1. The van der Waals surface area contributed by atoms with E-state index in [4.69, 9.17) is 9.84 Å². The van der Waals surface area contributed by atoms with E-state index in [2.05, 4.69) is 40.4 Å². The second kappa shape index (κ2) is 7.19. The van der Waals surface area contributed by atoms with Crippen LogP contribution in [0.4, 0.5) is 0 Å². The van der Waals surface area contributed by atoms with E-state index in [-0.39, 0.29) is 12.7 Å². The van der Waals surface area contributed by atoms with Gasteiger partial charge in [0.15, 0.2) is 0 Å². The van der Waals surface area contributed by atoms with Crippen LogP contribution in [-0.2, 0) is 17.7 Å². The van der Waals surface area contributed by atoms with Crippen molar-refractivity contribution in [2.75, 3.05) is 13.2 Å². The van der Waals surface area contributed by atoms with Crippen LogP contribution in [0, 0.1) is 11.8 Å². The van der Waals surface area contributed by atoms with Crippen molar-refractivity contribution in [1.29, 1.82) is 0 Å². The number of aromatic nitrogens is 3. The van der Waals surface area contributed by atoms with Gasteiger partial charge < -0.3 is 9.84 Å². The van der Waals surface area contributed by atoms with Crippen LogP contribution >= 0.6 is 11.3 Å². The van der Waals surface area contributed by atoms with Crippen LogP contribution in [0.25, 0.3) is 10.6 Å². The summed E-state index contributed by atoms with van der Waals surface area (Å²) >= 11 is 1.57. The summed E-state index contributed by atoms with van der Waals surface area (Å²) in [5.41, 5.74) is 4.30. The molecule has 3 aromatic rings. The lowest BCUT2D eigenvalue weighted by Gasteiger charge is -2.25. The van der Waals surface area contributed by atoms with Crippen molar-refractivity contribution in [1.82, 2.24) is 15.0 Å². The summed E-state index contributed by atoms with van der Waals surface area (Å²) in [6, 6.07) is 10.4. The fraction of sp³-hybridized carbons (Fsp3) is 0.263. The van der Waals surface area contributed by atoms with E-state index in [1.807, 2.05) is 28.4 Å². The van der Waals surface area contributed by atoms with Gasteiger partial charge in [0.1, 0.15) is 18.4 Å². The van der Waals surface area contributed by atoms with Gasteiger partial charge in [-0.05, 0) is 23.6 Å². The van der Waals surface area contributed by atoms with Gasteiger partial charge in [-0.2, -0.15) is 0 Å². The summed E-state index contributed by atoms with van der Waals surface area (Å²) in [7, 11) is 0. The Hall–Kier alpha value is -2.46. The molecule has 1 N–H and O–H groups in total. The molecular formula is C19H17N3O2S. The summed E-state index contributed by atoms with van der Waals surface area (Å²) in [5.74, 6) is 5.56. The second-order valence-electron chi connectivity index (χ2n) is 5.79. The van der Waals surface area contributed by atoms with E-state index >= 15 is 0 Å². The molecule has 3 heterocycles. The Kier molecular flexibility index (Phi) is 4.61. The van der Waals surface area contributed by atoms with Crippen molar-refractivity contribution in [3.05, 3.63) is 58.6 Å². The SMILES string of the molecule is OCC#Cc1csc(-c2cn(CC3OCCc4ccccc43)nn2)c1. The third-order valence-electron chi connectivity index (χ3n) is 4.15. The molecule has 1 aromatic carbocycles. The van der Waals surface area contributed by atoms with Crippen LogP contribution in [0.1, 0.15) is 22.8 Å². The molecule has 0 fully saturated rings. The molecule has 0 saturated carbocycles. The smallest absolute Gasteiger partial charge is 0.123 e. The normalized spacial score (nSPS) is 16.1. The van der Waals surface area contributed by atoms with Crippen LogP contribution in [0.5, 0.6) is 0 Å². The Morgan fingerprint density at radius 1 is 1.36 bits per heavy atom. The van der Waals surface area contributed by atoms with E-state index in [0.717, 1.165) is 29.2 Å².